The first-order valence-electron chi connectivity index (χ1n) is 38.2. The number of methoxy groups -OCH3 is 3. The number of carboxylic acid groups (broad SMARTS) is 2. The van der Waals surface area contributed by atoms with Crippen LogP contribution in [-0.4, -0.2) is 312 Å². The first-order chi connectivity index (χ1) is 58.6. The molecule has 5 aromatic rings. The number of thiocarbonyl (C=S) groups is 2. The van der Waals surface area contributed by atoms with Gasteiger partial charge in [-0.2, -0.15) is 6.42 Å². The Bertz CT molecular complexity index is 4160. The normalized spacial score (nSPS) is 15.2. The van der Waals surface area contributed by atoms with Crippen molar-refractivity contribution in [3.63, 3.8) is 0 Å². The van der Waals surface area contributed by atoms with Crippen LogP contribution in [0.2, 0.25) is 10.0 Å². The number of morpholine rings is 7. The molecule has 5 N–H and O–H groups in total. The average molecular weight is 1970 g/mol. The molecule has 1 unspecified atom stereocenters. The van der Waals surface area contributed by atoms with Crippen molar-refractivity contribution in [2.75, 3.05) is 244 Å². The number of unbranched alkanes of at least 4 members (excludes halogenated alkanes) is 1. The summed E-state index contributed by atoms with van der Waals surface area (Å²) in [7, 11) is 4.53. The van der Waals surface area contributed by atoms with E-state index in [1.54, 1.807) is 68.4 Å². The van der Waals surface area contributed by atoms with Gasteiger partial charge in [0.1, 0.15) is 19.6 Å². The molecule has 7 saturated heterocycles. The Morgan fingerprint density at radius 2 is 1.04 bits per heavy atom. The molecule has 0 radical (unpaired) electrons. The van der Waals surface area contributed by atoms with Gasteiger partial charge in [0.15, 0.2) is 11.3 Å². The fourth-order valence-corrected chi connectivity index (χ4v) is 14.9. The van der Waals surface area contributed by atoms with E-state index in [-0.39, 0.29) is 86.8 Å². The van der Waals surface area contributed by atoms with E-state index in [4.69, 9.17) is 123 Å². The quantitative estimate of drug-likeness (QED) is 0.00718. The Morgan fingerprint density at radius 1 is 0.613 bits per heavy atom. The second-order valence-electron chi connectivity index (χ2n) is 24.8. The number of nitrogens with zero attached hydrogens (tertiary/aromatic N) is 11. The molecule has 0 amide bonds. The second kappa shape index (κ2) is 71.6. The van der Waals surface area contributed by atoms with Crippen molar-refractivity contribution in [2.45, 2.75) is 46.2 Å². The van der Waals surface area contributed by atoms with Gasteiger partial charge < -0.3 is 124 Å². The zero-order chi connectivity index (χ0) is 89.1. The number of aromatic carboxylic acids is 2. The molecule has 670 valence electrons. The number of ether oxygens (including phenoxy) is 12. The SMILES string of the molecule is C1COCCN1.CCOC(=O)CI.COC(OC)OC.O=Cc1ccccc1Cl.[C-]#[N+]C(=CN1CCOCC1)C(=S)N1CCOCC1.[C-]#[N+]CC(=S)N1CCOCC1.[C-]#[N+]c1c(N2CCOCC2)sc(C(=O)O)c1C(O)c1ccccc1Cl.[C-]#[N+]c1cc(C(=O)O)sc1N1CCOCC1.[C-]#[N+]c1cc(C(=O)OCC)sc1N1CCOCC1.[CH2-]CCC.[Li+].[Na+].[OH-]. The van der Waals surface area contributed by atoms with E-state index in [0.29, 0.717) is 170 Å². The van der Waals surface area contributed by atoms with Crippen LogP contribution >= 0.6 is 104 Å². The molecule has 1 atom stereocenters. The Kier molecular flexibility index (Phi) is 67.9. The predicted octanol–water partition coefficient (Wildman–Crippen LogP) is 7.42. The fourth-order valence-electron chi connectivity index (χ4n) is 10.6. The van der Waals surface area contributed by atoms with Crippen molar-refractivity contribution in [3.05, 3.63) is 178 Å². The maximum absolute atomic E-state index is 11.7. The summed E-state index contributed by atoms with van der Waals surface area (Å²) in [5, 5.41) is 35.4. The molecule has 43 heteroatoms. The van der Waals surface area contributed by atoms with Gasteiger partial charge in [0.25, 0.3) is 13.0 Å². The minimum atomic E-state index is -1.28. The molecule has 33 nitrogen and oxygen atoms in total. The zero-order valence-corrected chi connectivity index (χ0v) is 80.9. The third-order valence-electron chi connectivity index (χ3n) is 16.7. The molecular formula is C81H107Cl2ILiN12NaO21S5. The summed E-state index contributed by atoms with van der Waals surface area (Å²) >= 11 is 27.6. The van der Waals surface area contributed by atoms with Crippen molar-refractivity contribution in [1.82, 2.24) is 20.0 Å². The summed E-state index contributed by atoms with van der Waals surface area (Å²) in [5.41, 5.74) is 2.67. The number of hydrogen-bond acceptors (Lipinski definition) is 29. The average Bonchev–Trinajstić information content (AvgIpc) is 1.62. The van der Waals surface area contributed by atoms with Crippen molar-refractivity contribution in [3.8, 4) is 0 Å². The smallest absolute Gasteiger partial charge is 0.870 e. The van der Waals surface area contributed by atoms with E-state index in [0.717, 1.165) is 142 Å². The molecule has 0 bridgehead atoms. The van der Waals surface area contributed by atoms with Crippen LogP contribution in [0.4, 0.5) is 32.1 Å². The summed E-state index contributed by atoms with van der Waals surface area (Å²) in [6, 6.07) is 16.6. The maximum atomic E-state index is 11.7. The van der Waals surface area contributed by atoms with Crippen molar-refractivity contribution in [2.24, 2.45) is 0 Å². The van der Waals surface area contributed by atoms with Gasteiger partial charge >= 0.3 is 72.3 Å². The van der Waals surface area contributed by atoms with Crippen molar-refractivity contribution < 1.29 is 150 Å². The molecule has 3 aromatic heterocycles. The van der Waals surface area contributed by atoms with Crippen LogP contribution < -0.4 is 68.4 Å². The molecule has 0 spiro atoms. The number of thiophene rings is 3. The number of nitrogens with one attached hydrogen (secondary N) is 1. The summed E-state index contributed by atoms with van der Waals surface area (Å²) in [5.74, 6) is -2.64. The van der Waals surface area contributed by atoms with Crippen LogP contribution in [0.1, 0.15) is 90.2 Å². The summed E-state index contributed by atoms with van der Waals surface area (Å²) in [4.78, 5) is 86.0. The topological polar surface area (TPSA) is 340 Å². The van der Waals surface area contributed by atoms with Crippen LogP contribution in [0.5, 0.6) is 0 Å². The van der Waals surface area contributed by atoms with Crippen molar-refractivity contribution in [1.29, 1.82) is 0 Å². The molecule has 7 fully saturated rings. The molecule has 0 saturated carbocycles. The van der Waals surface area contributed by atoms with Gasteiger partial charge in [-0.1, -0.05) is 120 Å². The summed E-state index contributed by atoms with van der Waals surface area (Å²) in [6.07, 6.45) is 3.60. The molecule has 2 aromatic carbocycles. The standard InChI is InChI=1S/C17H15ClN2O4S.C12H17N3O2S.C12H14N2O3S.C10H10N2O3S.C7H5ClO.C7H10N2OS.C4H7IO2.C4H9NO.C4H10O3.C4H9.Li.Na.H2O/c1-19-13-12(14(21)10-4-2-3-5-11(10)18)15(17(22)23)25-16(13)20-6-8-24-9-7-20;1-13-11(10-14-2-6-16-7-3-14)12(18)15-4-8-17-9-5-15;1-3-17-12(15)10-8-9(13-2)11(18-10)14-4-6-16-7-5-14;1-11-7-6-8(10(13)14)16-9(7)12-2-4-15-5-3-12;8-7-4-2-1-3-6(7)5-9;1-8-6-7(11)9-2-4-10-5-3-9;1-2-7-4(6)3-5;1-3-6-4-2-5-1;1-5-4(6-2)7-3;1-3-4-2;;;/h2-5,14,21H,6-9H2,(H,22,23);10H,2-9H2;8H,3-7H2,1H3;6H,2-5H2,(H,13,14);1-5H;2-6H2;2-3H2,1H3;5H,1-4H2;4H,1-3H3;1,3-4H2,2H3;;;1H2/q;;;;;;;;;-1;2*+1;/p-1. The molecular weight excluding hydrogens is 1870 g/mol. The number of aliphatic hydroxyl groups excluding tert-OH is 1. The van der Waals surface area contributed by atoms with E-state index < -0.39 is 24.5 Å². The number of carbonyl (C=O) groups excluding carboxylic acids is 3. The van der Waals surface area contributed by atoms with Crippen molar-refractivity contribution >= 4 is 176 Å². The monoisotopic (exact) mass is 1970 g/mol. The van der Waals surface area contributed by atoms with E-state index in [9.17, 15) is 34.2 Å². The van der Waals surface area contributed by atoms with Crippen LogP contribution in [-0.2, 0) is 61.6 Å². The minimum absolute atomic E-state index is 0. The maximum Gasteiger partial charge on any atom is 1.00 e. The summed E-state index contributed by atoms with van der Waals surface area (Å²) in [6.45, 7) is 66.3. The number of anilines is 3. The Balaban J connectivity index is 0.00000141. The van der Waals surface area contributed by atoms with Crippen LogP contribution in [0, 0.1) is 39.8 Å². The third-order valence-corrected chi connectivity index (χ3v) is 22.4. The summed E-state index contributed by atoms with van der Waals surface area (Å²) < 4.78 is 60.3. The number of carbonyl (C=O) groups is 5. The number of aliphatic hydroxyl groups is 1. The zero-order valence-electron chi connectivity index (χ0n) is 71.2. The molecule has 0 aliphatic carbocycles. The van der Waals surface area contributed by atoms with Gasteiger partial charge in [-0.25, -0.2) is 40.3 Å². The van der Waals surface area contributed by atoms with E-state index in [1.807, 2.05) is 48.4 Å². The number of alkyl halides is 1. The molecule has 10 heterocycles. The Morgan fingerprint density at radius 3 is 1.40 bits per heavy atom. The van der Waals surface area contributed by atoms with E-state index >= 15 is 0 Å². The van der Waals surface area contributed by atoms with Gasteiger partial charge in [-0.05, 0) is 38.1 Å². The van der Waals surface area contributed by atoms with Gasteiger partial charge in [0.2, 0.25) is 22.8 Å². The second-order valence-corrected chi connectivity index (χ2v) is 30.3. The van der Waals surface area contributed by atoms with Gasteiger partial charge in [0.05, 0.1) is 163 Å². The van der Waals surface area contributed by atoms with E-state index in [2.05, 4.69) is 72.1 Å². The largest absolute Gasteiger partial charge is 1.00 e. The van der Waals surface area contributed by atoms with Crippen LogP contribution in [0.15, 0.2) is 72.6 Å². The molecule has 12 rings (SSSR count). The Hall–Kier alpha value is -6.35. The number of rotatable bonds is 19. The number of hydrogen-bond donors (Lipinski definition) is 4. The van der Waals surface area contributed by atoms with Gasteiger partial charge in [-0.3, -0.25) is 9.59 Å². The number of aldehydes is 1. The number of carboxylic acids is 2. The first-order valence-corrected chi connectivity index (χ1v) is 43.8. The first kappa shape index (κ1) is 118. The molecule has 7 aliphatic heterocycles. The Labute approximate surface area is 807 Å². The fraction of sp³-hybridized carbons (Fsp3) is 0.519. The predicted molar refractivity (Wildman–Crippen MR) is 488 cm³/mol. The van der Waals surface area contributed by atoms with E-state index in [1.165, 1.54) is 45.2 Å². The van der Waals surface area contributed by atoms with Crippen LogP contribution in [0.3, 0.4) is 0 Å². The van der Waals surface area contributed by atoms with Crippen LogP contribution in [0.25, 0.3) is 24.2 Å². The minimum Gasteiger partial charge on any atom is -0.870 e. The molecule has 124 heavy (non-hydrogen) atoms. The number of benzene rings is 2. The van der Waals surface area contributed by atoms with Gasteiger partial charge in [0, 0.05) is 141 Å². The van der Waals surface area contributed by atoms with Gasteiger partial charge in [-0.15, -0.1) is 34.0 Å². The third kappa shape index (κ3) is 44.1. The molecule has 7 aliphatic rings. The number of esters is 2. The number of halogens is 3.